The van der Waals surface area contributed by atoms with E-state index in [9.17, 15) is 13.2 Å². The Morgan fingerprint density at radius 1 is 1.05 bits per heavy atom. The molecule has 8 heteroatoms. The number of anilines is 3. The Hall–Kier alpha value is -1.99. The van der Waals surface area contributed by atoms with Gasteiger partial charge in [0.15, 0.2) is 23.3 Å². The number of halogens is 4. The molecule has 1 aromatic carbocycles. The Morgan fingerprint density at radius 3 is 2.37 bits per heavy atom. The molecule has 2 aromatic rings. The Balaban J connectivity index is 2.37. The number of hydrazine groups is 1. The van der Waals surface area contributed by atoms with Gasteiger partial charge in [-0.3, -0.25) is 0 Å². The van der Waals surface area contributed by atoms with Crippen LogP contribution in [0.5, 0.6) is 0 Å². The van der Waals surface area contributed by atoms with Crippen molar-refractivity contribution in [3.05, 3.63) is 46.7 Å². The molecule has 4 N–H and O–H groups in total. The van der Waals surface area contributed by atoms with Gasteiger partial charge in [0.25, 0.3) is 0 Å². The van der Waals surface area contributed by atoms with Gasteiger partial charge in [-0.2, -0.15) is 0 Å². The van der Waals surface area contributed by atoms with E-state index in [1.54, 1.807) is 0 Å². The standard InChI is InChI=1S/C11H8ClF3N4/c12-6-3-5(13)1-2-9(6)17-10-7(14)4-8(15)11(18-10)19-16/h1-4H,16H2,(H2,17,18,19). The summed E-state index contributed by atoms with van der Waals surface area (Å²) in [6, 6.07) is 4.10. The number of hydrogen-bond donors (Lipinski definition) is 3. The number of nitrogen functional groups attached to an aromatic ring is 1. The summed E-state index contributed by atoms with van der Waals surface area (Å²) in [5.74, 6) is 2.01. The van der Waals surface area contributed by atoms with Crippen LogP contribution < -0.4 is 16.6 Å². The zero-order valence-corrected chi connectivity index (χ0v) is 10.1. The van der Waals surface area contributed by atoms with Crippen LogP contribution in [0.1, 0.15) is 0 Å². The highest BCUT2D eigenvalue weighted by atomic mass is 35.5. The molecule has 1 heterocycles. The first kappa shape index (κ1) is 13.4. The predicted octanol–water partition coefficient (Wildman–Crippen LogP) is 3.18. The number of hydrogen-bond acceptors (Lipinski definition) is 4. The molecular weight excluding hydrogens is 281 g/mol. The average Bonchev–Trinajstić information content (AvgIpc) is 2.35. The van der Waals surface area contributed by atoms with Crippen LogP contribution in [0.25, 0.3) is 0 Å². The highest BCUT2D eigenvalue weighted by molar-refractivity contribution is 6.33. The summed E-state index contributed by atoms with van der Waals surface area (Å²) in [4.78, 5) is 3.60. The summed E-state index contributed by atoms with van der Waals surface area (Å²) in [5, 5.41) is 2.56. The van der Waals surface area contributed by atoms with Crippen LogP contribution in [-0.2, 0) is 0 Å². The molecule has 100 valence electrons. The first-order valence-electron chi connectivity index (χ1n) is 5.06. The number of rotatable bonds is 3. The molecular formula is C11H8ClF3N4. The third-order valence-corrected chi connectivity index (χ3v) is 2.56. The van der Waals surface area contributed by atoms with Crippen molar-refractivity contribution in [3.8, 4) is 0 Å². The third-order valence-electron chi connectivity index (χ3n) is 2.25. The van der Waals surface area contributed by atoms with Gasteiger partial charge in [-0.05, 0) is 18.2 Å². The van der Waals surface area contributed by atoms with Crippen molar-refractivity contribution in [2.75, 3.05) is 10.7 Å². The topological polar surface area (TPSA) is 63.0 Å². The molecule has 4 nitrogen and oxygen atoms in total. The Bertz CT molecular complexity index is 621. The van der Waals surface area contributed by atoms with E-state index < -0.39 is 17.5 Å². The Labute approximate surface area is 111 Å². The van der Waals surface area contributed by atoms with Crippen molar-refractivity contribution in [1.29, 1.82) is 0 Å². The maximum atomic E-state index is 13.5. The van der Waals surface area contributed by atoms with Gasteiger partial charge in [0.1, 0.15) is 5.82 Å². The van der Waals surface area contributed by atoms with Crippen LogP contribution in [0.2, 0.25) is 5.02 Å². The van der Waals surface area contributed by atoms with Crippen LogP contribution in [0.15, 0.2) is 24.3 Å². The molecule has 0 atom stereocenters. The van der Waals surface area contributed by atoms with E-state index in [0.29, 0.717) is 6.07 Å². The smallest absolute Gasteiger partial charge is 0.178 e. The largest absolute Gasteiger partial charge is 0.336 e. The van der Waals surface area contributed by atoms with E-state index in [0.717, 1.165) is 12.1 Å². The fraction of sp³-hybridized carbons (Fsp3) is 0. The molecule has 0 saturated carbocycles. The summed E-state index contributed by atoms with van der Waals surface area (Å²) in [7, 11) is 0. The molecule has 0 saturated heterocycles. The van der Waals surface area contributed by atoms with Crippen LogP contribution >= 0.6 is 11.6 Å². The molecule has 0 amide bonds. The number of pyridine rings is 1. The lowest BCUT2D eigenvalue weighted by Gasteiger charge is -2.10. The van der Waals surface area contributed by atoms with Crippen LogP contribution in [-0.4, -0.2) is 4.98 Å². The lowest BCUT2D eigenvalue weighted by Crippen LogP contribution is -2.12. The van der Waals surface area contributed by atoms with Crippen molar-refractivity contribution in [1.82, 2.24) is 4.98 Å². The van der Waals surface area contributed by atoms with Gasteiger partial charge in [-0.25, -0.2) is 24.0 Å². The van der Waals surface area contributed by atoms with E-state index in [4.69, 9.17) is 17.4 Å². The minimum absolute atomic E-state index is 0.0350. The molecule has 0 aliphatic carbocycles. The van der Waals surface area contributed by atoms with Gasteiger partial charge < -0.3 is 10.7 Å². The second-order valence-corrected chi connectivity index (χ2v) is 3.95. The minimum Gasteiger partial charge on any atom is -0.336 e. The lowest BCUT2D eigenvalue weighted by molar-refractivity contribution is 0.579. The van der Waals surface area contributed by atoms with E-state index >= 15 is 0 Å². The average molecular weight is 289 g/mol. The van der Waals surface area contributed by atoms with E-state index in [1.165, 1.54) is 6.07 Å². The SMILES string of the molecule is NNc1nc(Nc2ccc(F)cc2Cl)c(F)cc1F. The molecule has 0 aliphatic rings. The van der Waals surface area contributed by atoms with Crippen molar-refractivity contribution in [2.45, 2.75) is 0 Å². The van der Waals surface area contributed by atoms with E-state index in [2.05, 4.69) is 10.3 Å². The number of nitrogens with zero attached hydrogens (tertiary/aromatic N) is 1. The molecule has 2 rings (SSSR count). The van der Waals surface area contributed by atoms with Gasteiger partial charge in [-0.15, -0.1) is 0 Å². The summed E-state index contributed by atoms with van der Waals surface area (Å²) < 4.78 is 39.5. The molecule has 19 heavy (non-hydrogen) atoms. The highest BCUT2D eigenvalue weighted by Crippen LogP contribution is 2.27. The Morgan fingerprint density at radius 2 is 1.74 bits per heavy atom. The van der Waals surface area contributed by atoms with E-state index in [-0.39, 0.29) is 22.3 Å². The summed E-state index contributed by atoms with van der Waals surface area (Å²) in [5.41, 5.74) is 2.21. The van der Waals surface area contributed by atoms with Gasteiger partial charge in [0, 0.05) is 6.07 Å². The quantitative estimate of drug-likeness (QED) is 0.599. The normalized spacial score (nSPS) is 10.4. The summed E-state index contributed by atoms with van der Waals surface area (Å²) >= 11 is 5.77. The fourth-order valence-electron chi connectivity index (χ4n) is 1.37. The van der Waals surface area contributed by atoms with Gasteiger partial charge >= 0.3 is 0 Å². The second-order valence-electron chi connectivity index (χ2n) is 3.54. The molecule has 0 spiro atoms. The Kier molecular flexibility index (Phi) is 3.77. The van der Waals surface area contributed by atoms with E-state index in [1.807, 2.05) is 5.43 Å². The number of benzene rings is 1. The molecule has 0 radical (unpaired) electrons. The van der Waals surface area contributed by atoms with Gasteiger partial charge in [-0.1, -0.05) is 11.6 Å². The molecule has 1 aromatic heterocycles. The number of nitrogens with one attached hydrogen (secondary N) is 2. The highest BCUT2D eigenvalue weighted by Gasteiger charge is 2.12. The maximum absolute atomic E-state index is 13.5. The number of nitrogens with two attached hydrogens (primary N) is 1. The van der Waals surface area contributed by atoms with Crippen LogP contribution in [0.4, 0.5) is 30.5 Å². The zero-order valence-electron chi connectivity index (χ0n) is 9.35. The summed E-state index contributed by atoms with van der Waals surface area (Å²) in [6.07, 6.45) is 0. The third kappa shape index (κ3) is 2.88. The number of aromatic nitrogens is 1. The zero-order chi connectivity index (χ0) is 14.0. The molecule has 0 unspecified atom stereocenters. The van der Waals surface area contributed by atoms with Crippen molar-refractivity contribution >= 4 is 28.9 Å². The maximum Gasteiger partial charge on any atom is 0.178 e. The monoisotopic (exact) mass is 288 g/mol. The van der Waals surface area contributed by atoms with Crippen LogP contribution in [0.3, 0.4) is 0 Å². The van der Waals surface area contributed by atoms with Crippen molar-refractivity contribution in [3.63, 3.8) is 0 Å². The fourth-order valence-corrected chi connectivity index (χ4v) is 1.59. The van der Waals surface area contributed by atoms with Crippen molar-refractivity contribution in [2.24, 2.45) is 5.84 Å². The molecule has 0 aliphatic heterocycles. The minimum atomic E-state index is -0.934. The van der Waals surface area contributed by atoms with Crippen molar-refractivity contribution < 1.29 is 13.2 Å². The van der Waals surface area contributed by atoms with Gasteiger partial charge in [0.05, 0.1) is 10.7 Å². The second kappa shape index (κ2) is 5.33. The predicted molar refractivity (Wildman–Crippen MR) is 66.7 cm³/mol. The lowest BCUT2D eigenvalue weighted by atomic mass is 10.3. The first-order chi connectivity index (χ1) is 9.01. The summed E-state index contributed by atoms with van der Waals surface area (Å²) in [6.45, 7) is 0. The molecule has 0 bridgehead atoms. The molecule has 0 fully saturated rings. The first-order valence-corrected chi connectivity index (χ1v) is 5.44. The van der Waals surface area contributed by atoms with Gasteiger partial charge in [0.2, 0.25) is 0 Å². The van der Waals surface area contributed by atoms with Crippen LogP contribution in [0, 0.1) is 17.5 Å².